The summed E-state index contributed by atoms with van der Waals surface area (Å²) in [4.78, 5) is 16.9. The minimum Gasteiger partial charge on any atom is -0.316 e. The van der Waals surface area contributed by atoms with Gasteiger partial charge in [-0.05, 0) is 37.4 Å². The van der Waals surface area contributed by atoms with E-state index < -0.39 is 0 Å². The highest BCUT2D eigenvalue weighted by Crippen LogP contribution is 2.09. The molecule has 92 valence electrons. The lowest BCUT2D eigenvalue weighted by Crippen LogP contribution is -2.35. The number of hydrogen-bond donors (Lipinski definition) is 2. The number of nitrogens with one attached hydrogen (secondary N) is 2. The van der Waals surface area contributed by atoms with Crippen molar-refractivity contribution in [1.82, 2.24) is 10.8 Å². The molecule has 0 aliphatic carbocycles. The third kappa shape index (κ3) is 3.84. The van der Waals surface area contributed by atoms with Crippen LogP contribution in [-0.4, -0.2) is 25.6 Å². The summed E-state index contributed by atoms with van der Waals surface area (Å²) in [6, 6.07) is 9.08. The third-order valence-corrected chi connectivity index (χ3v) is 2.92. The van der Waals surface area contributed by atoms with Crippen LogP contribution in [0.15, 0.2) is 30.3 Å². The Balaban J connectivity index is 1.69. The van der Waals surface area contributed by atoms with Gasteiger partial charge in [-0.25, -0.2) is 5.48 Å². The molecule has 1 fully saturated rings. The summed E-state index contributed by atoms with van der Waals surface area (Å²) in [6.45, 7) is 2.64. The average molecular weight is 234 g/mol. The molecule has 1 aliphatic rings. The first-order valence-corrected chi connectivity index (χ1v) is 6.04. The highest BCUT2D eigenvalue weighted by molar-refractivity contribution is 5.93. The maximum Gasteiger partial charge on any atom is 0.274 e. The standard InChI is InChI=1S/C13H18N2O2/c16-13(12-6-2-1-3-7-12)15-17-10-11-5-4-8-14-9-11/h1-3,6-7,11,14H,4-5,8-10H2,(H,15,16). The first kappa shape index (κ1) is 12.1. The van der Waals surface area contributed by atoms with E-state index in [0.717, 1.165) is 19.5 Å². The summed E-state index contributed by atoms with van der Waals surface area (Å²) in [5.41, 5.74) is 3.10. The summed E-state index contributed by atoms with van der Waals surface area (Å²) in [6.07, 6.45) is 2.34. The number of rotatable bonds is 4. The average Bonchev–Trinajstić information content (AvgIpc) is 2.41. The van der Waals surface area contributed by atoms with Crippen LogP contribution in [0, 0.1) is 5.92 Å². The van der Waals surface area contributed by atoms with Gasteiger partial charge >= 0.3 is 0 Å². The fourth-order valence-electron chi connectivity index (χ4n) is 1.94. The van der Waals surface area contributed by atoms with E-state index in [1.165, 1.54) is 6.42 Å². The van der Waals surface area contributed by atoms with Crippen molar-refractivity contribution >= 4 is 5.91 Å². The molecule has 0 spiro atoms. The topological polar surface area (TPSA) is 50.4 Å². The molecule has 1 heterocycles. The van der Waals surface area contributed by atoms with E-state index in [1.54, 1.807) is 12.1 Å². The van der Waals surface area contributed by atoms with Gasteiger partial charge in [0.05, 0.1) is 6.61 Å². The second-order valence-corrected chi connectivity index (χ2v) is 4.32. The smallest absolute Gasteiger partial charge is 0.274 e. The molecule has 0 aromatic heterocycles. The number of amides is 1. The lowest BCUT2D eigenvalue weighted by Gasteiger charge is -2.22. The molecule has 1 saturated heterocycles. The Bertz CT molecular complexity index is 348. The highest BCUT2D eigenvalue weighted by Gasteiger charge is 2.13. The second kappa shape index (κ2) is 6.37. The van der Waals surface area contributed by atoms with E-state index in [2.05, 4.69) is 10.8 Å². The summed E-state index contributed by atoms with van der Waals surface area (Å²) in [5, 5.41) is 3.31. The fraction of sp³-hybridized carbons (Fsp3) is 0.462. The first-order valence-electron chi connectivity index (χ1n) is 6.04. The van der Waals surface area contributed by atoms with Gasteiger partial charge in [0.1, 0.15) is 0 Å². The molecular formula is C13H18N2O2. The SMILES string of the molecule is O=C(NOCC1CCCNC1)c1ccccc1. The van der Waals surface area contributed by atoms with Crippen LogP contribution < -0.4 is 10.8 Å². The summed E-state index contributed by atoms with van der Waals surface area (Å²) >= 11 is 0. The molecule has 0 saturated carbocycles. The molecule has 17 heavy (non-hydrogen) atoms. The predicted molar refractivity (Wildman–Crippen MR) is 65.5 cm³/mol. The molecule has 1 atom stereocenters. The minimum absolute atomic E-state index is 0.186. The van der Waals surface area contributed by atoms with E-state index in [-0.39, 0.29) is 5.91 Å². The largest absolute Gasteiger partial charge is 0.316 e. The zero-order valence-electron chi connectivity index (χ0n) is 9.82. The Labute approximate surface area is 101 Å². The van der Waals surface area contributed by atoms with E-state index in [9.17, 15) is 4.79 Å². The molecule has 4 heteroatoms. The number of carbonyl (C=O) groups is 1. The maximum absolute atomic E-state index is 11.6. The van der Waals surface area contributed by atoms with Crippen LogP contribution in [0.25, 0.3) is 0 Å². The molecule has 1 aromatic carbocycles. The quantitative estimate of drug-likeness (QED) is 0.773. The number of hydrogen-bond acceptors (Lipinski definition) is 3. The molecule has 0 bridgehead atoms. The van der Waals surface area contributed by atoms with Crippen LogP contribution in [-0.2, 0) is 4.84 Å². The highest BCUT2D eigenvalue weighted by atomic mass is 16.6. The molecule has 1 aliphatic heterocycles. The molecule has 2 N–H and O–H groups in total. The molecule has 2 rings (SSSR count). The Hall–Kier alpha value is -1.39. The van der Waals surface area contributed by atoms with E-state index in [4.69, 9.17) is 4.84 Å². The van der Waals surface area contributed by atoms with Crippen LogP contribution in [0.1, 0.15) is 23.2 Å². The summed E-state index contributed by atoms with van der Waals surface area (Å²) in [7, 11) is 0. The zero-order valence-corrected chi connectivity index (χ0v) is 9.82. The van der Waals surface area contributed by atoms with Crippen molar-refractivity contribution in [2.24, 2.45) is 5.92 Å². The van der Waals surface area contributed by atoms with Crippen LogP contribution in [0.3, 0.4) is 0 Å². The van der Waals surface area contributed by atoms with Gasteiger partial charge in [-0.3, -0.25) is 9.63 Å². The molecular weight excluding hydrogens is 216 g/mol. The summed E-state index contributed by atoms with van der Waals surface area (Å²) < 4.78 is 0. The van der Waals surface area contributed by atoms with Crippen molar-refractivity contribution in [3.8, 4) is 0 Å². The molecule has 1 unspecified atom stereocenters. The van der Waals surface area contributed by atoms with Crippen molar-refractivity contribution in [3.05, 3.63) is 35.9 Å². The van der Waals surface area contributed by atoms with Crippen molar-refractivity contribution in [2.45, 2.75) is 12.8 Å². The van der Waals surface area contributed by atoms with Crippen molar-refractivity contribution in [1.29, 1.82) is 0 Å². The maximum atomic E-state index is 11.6. The van der Waals surface area contributed by atoms with Gasteiger partial charge in [-0.2, -0.15) is 0 Å². The number of piperidine rings is 1. The van der Waals surface area contributed by atoms with Gasteiger partial charge in [0.15, 0.2) is 0 Å². The van der Waals surface area contributed by atoms with Gasteiger partial charge in [0.25, 0.3) is 5.91 Å². The van der Waals surface area contributed by atoms with Gasteiger partial charge in [0.2, 0.25) is 0 Å². The van der Waals surface area contributed by atoms with Crippen molar-refractivity contribution in [3.63, 3.8) is 0 Å². The molecule has 1 amide bonds. The van der Waals surface area contributed by atoms with E-state index in [0.29, 0.717) is 18.1 Å². The second-order valence-electron chi connectivity index (χ2n) is 4.32. The van der Waals surface area contributed by atoms with Crippen LogP contribution in [0.2, 0.25) is 0 Å². The van der Waals surface area contributed by atoms with E-state index in [1.807, 2.05) is 18.2 Å². The first-order chi connectivity index (χ1) is 8.36. The number of benzene rings is 1. The van der Waals surface area contributed by atoms with Gasteiger partial charge in [-0.15, -0.1) is 0 Å². The Kier molecular flexibility index (Phi) is 4.53. The Morgan fingerprint density at radius 3 is 2.94 bits per heavy atom. The molecule has 4 nitrogen and oxygen atoms in total. The third-order valence-electron chi connectivity index (χ3n) is 2.92. The van der Waals surface area contributed by atoms with Crippen LogP contribution in [0.5, 0.6) is 0 Å². The lowest BCUT2D eigenvalue weighted by atomic mass is 10.0. The lowest BCUT2D eigenvalue weighted by molar-refractivity contribution is 0.0128. The van der Waals surface area contributed by atoms with Crippen molar-refractivity contribution in [2.75, 3.05) is 19.7 Å². The number of hydroxylamine groups is 1. The van der Waals surface area contributed by atoms with Gasteiger partial charge in [0, 0.05) is 12.1 Å². The zero-order chi connectivity index (χ0) is 11.9. The minimum atomic E-state index is -0.186. The van der Waals surface area contributed by atoms with Gasteiger partial charge in [-0.1, -0.05) is 18.2 Å². The van der Waals surface area contributed by atoms with E-state index >= 15 is 0 Å². The number of carbonyl (C=O) groups excluding carboxylic acids is 1. The molecule has 0 radical (unpaired) electrons. The summed E-state index contributed by atoms with van der Waals surface area (Å²) in [5.74, 6) is 0.314. The Morgan fingerprint density at radius 2 is 2.24 bits per heavy atom. The monoisotopic (exact) mass is 234 g/mol. The van der Waals surface area contributed by atoms with Crippen LogP contribution in [0.4, 0.5) is 0 Å². The Morgan fingerprint density at radius 1 is 1.41 bits per heavy atom. The van der Waals surface area contributed by atoms with Gasteiger partial charge < -0.3 is 5.32 Å². The normalized spacial score (nSPS) is 19.9. The predicted octanol–water partition coefficient (Wildman–Crippen LogP) is 1.35. The van der Waals surface area contributed by atoms with Crippen LogP contribution >= 0.6 is 0 Å². The fourth-order valence-corrected chi connectivity index (χ4v) is 1.94. The van der Waals surface area contributed by atoms with Crippen molar-refractivity contribution < 1.29 is 9.63 Å². The molecule has 1 aromatic rings.